The Hall–Kier alpha value is -4.30. The molecule has 2 fully saturated rings. The van der Waals surface area contributed by atoms with Crippen LogP contribution in [-0.4, -0.2) is 95.6 Å². The zero-order chi connectivity index (χ0) is 45.1. The summed E-state index contributed by atoms with van der Waals surface area (Å²) in [7, 11) is 0. The van der Waals surface area contributed by atoms with E-state index in [0.717, 1.165) is 88.2 Å². The van der Waals surface area contributed by atoms with Gasteiger partial charge in [-0.3, -0.25) is 19.2 Å². The van der Waals surface area contributed by atoms with E-state index in [2.05, 4.69) is 35.9 Å². The molecule has 0 radical (unpaired) electrons. The van der Waals surface area contributed by atoms with Gasteiger partial charge in [-0.15, -0.1) is 0 Å². The number of hydrogen-bond acceptors (Lipinski definition) is 10. The first-order valence-corrected chi connectivity index (χ1v) is 23.0. The lowest BCUT2D eigenvalue weighted by atomic mass is 9.84. The van der Waals surface area contributed by atoms with E-state index in [0.29, 0.717) is 51.6 Å². The third-order valence-electron chi connectivity index (χ3n) is 13.1. The molecule has 346 valence electrons. The number of ether oxygens (including phenoxy) is 4. The monoisotopic (exact) mass is 869 g/mol. The number of rotatable bonds is 25. The molecule has 14 heteroatoms. The van der Waals surface area contributed by atoms with Gasteiger partial charge in [-0.05, 0) is 114 Å². The molecule has 6 atom stereocenters. The molecule has 2 heterocycles. The van der Waals surface area contributed by atoms with Crippen LogP contribution in [0.15, 0.2) is 47.6 Å². The average molecular weight is 869 g/mol. The van der Waals surface area contributed by atoms with E-state index in [1.165, 1.54) is 0 Å². The average Bonchev–Trinajstić information content (AvgIpc) is 4.10. The van der Waals surface area contributed by atoms with Gasteiger partial charge in [0.25, 0.3) is 0 Å². The molecule has 0 bridgehead atoms. The van der Waals surface area contributed by atoms with E-state index in [-0.39, 0.29) is 97.1 Å². The number of esters is 2. The largest absolute Gasteiger partial charge is 0.478 e. The maximum atomic E-state index is 12.4. The number of fused-ring (bicyclic) bond motifs is 2. The van der Waals surface area contributed by atoms with E-state index >= 15 is 0 Å². The first kappa shape index (κ1) is 50.3. The van der Waals surface area contributed by atoms with Gasteiger partial charge in [-0.1, -0.05) is 63.8 Å². The molecule has 0 aromatic heterocycles. The number of carbonyl (C=O) groups is 6. The first-order valence-electron chi connectivity index (χ1n) is 23.0. The number of amides is 2. The summed E-state index contributed by atoms with van der Waals surface area (Å²) in [5, 5.41) is 24.7. The van der Waals surface area contributed by atoms with Gasteiger partial charge in [-0.2, -0.15) is 0 Å². The molecular formula is C48H72N2O12. The van der Waals surface area contributed by atoms with Crippen LogP contribution in [0.4, 0.5) is 0 Å². The molecule has 0 aromatic carbocycles. The van der Waals surface area contributed by atoms with E-state index in [9.17, 15) is 39.0 Å². The highest BCUT2D eigenvalue weighted by Gasteiger charge is 2.53. The number of carboxylic acid groups (broad SMARTS) is 2. The Labute approximate surface area is 367 Å². The number of hydrogen-bond donors (Lipinski definition) is 4. The highest BCUT2D eigenvalue weighted by atomic mass is 16.6. The molecule has 2 saturated heterocycles. The lowest BCUT2D eigenvalue weighted by molar-refractivity contribution is -0.144. The van der Waals surface area contributed by atoms with Crippen molar-refractivity contribution >= 4 is 35.7 Å². The molecule has 2 aliphatic heterocycles. The lowest BCUT2D eigenvalue weighted by Gasteiger charge is -2.19. The summed E-state index contributed by atoms with van der Waals surface area (Å²) in [4.78, 5) is 72.6. The standard InChI is InChI=1S/C48H72N2O12/c1-33(45(55)56)37-19-17-35(15-13-25-47(3)39(29-37)61-47)31-59-43(53)23-21-41(51)49-27-11-9-7-5-6-8-10-12-28-50-42(52)22-24-44(54)60-32-36-16-14-26-48(4)40(62-48)30-38(20-18-36)34(2)46(57)58/h15-16,37-40H,1-2,5-14,17-32H2,3-4H3,(H,49,51)(H,50,52)(H,55,56)(H,57,58)/b35-15+,36-16+/t37-,38-,39+,40+,47-,48-/m1/s1. The van der Waals surface area contributed by atoms with Crippen molar-refractivity contribution < 1.29 is 57.9 Å². The summed E-state index contributed by atoms with van der Waals surface area (Å²) in [6, 6.07) is 0. The van der Waals surface area contributed by atoms with Gasteiger partial charge in [0.1, 0.15) is 13.2 Å². The van der Waals surface area contributed by atoms with Crippen molar-refractivity contribution in [2.75, 3.05) is 26.3 Å². The van der Waals surface area contributed by atoms with Crippen molar-refractivity contribution in [3.63, 3.8) is 0 Å². The minimum Gasteiger partial charge on any atom is -0.478 e. The van der Waals surface area contributed by atoms with Crippen LogP contribution in [0.3, 0.4) is 0 Å². The fourth-order valence-corrected chi connectivity index (χ4v) is 8.53. The molecule has 4 aliphatic rings. The third kappa shape index (κ3) is 17.8. The van der Waals surface area contributed by atoms with Gasteiger partial charge >= 0.3 is 23.9 Å². The van der Waals surface area contributed by atoms with Gasteiger partial charge < -0.3 is 39.8 Å². The zero-order valence-electron chi connectivity index (χ0n) is 37.2. The predicted molar refractivity (Wildman–Crippen MR) is 233 cm³/mol. The molecule has 0 aromatic rings. The summed E-state index contributed by atoms with van der Waals surface area (Å²) >= 11 is 0. The highest BCUT2D eigenvalue weighted by molar-refractivity contribution is 5.87. The number of aliphatic carboxylic acids is 2. The summed E-state index contributed by atoms with van der Waals surface area (Å²) in [5.41, 5.74) is 1.75. The van der Waals surface area contributed by atoms with Crippen molar-refractivity contribution in [1.82, 2.24) is 10.6 Å². The zero-order valence-corrected chi connectivity index (χ0v) is 37.2. The van der Waals surface area contributed by atoms with Crippen LogP contribution in [0, 0.1) is 11.8 Å². The van der Waals surface area contributed by atoms with Crippen LogP contribution in [-0.2, 0) is 47.7 Å². The molecule has 62 heavy (non-hydrogen) atoms. The van der Waals surface area contributed by atoms with Crippen LogP contribution < -0.4 is 10.6 Å². The normalized spacial score (nSPS) is 27.5. The van der Waals surface area contributed by atoms with Crippen molar-refractivity contribution in [2.24, 2.45) is 11.8 Å². The Balaban J connectivity index is 0.944. The van der Waals surface area contributed by atoms with Gasteiger partial charge in [0.15, 0.2) is 0 Å². The molecule has 2 aliphatic carbocycles. The Kier molecular flexibility index (Phi) is 20.4. The number of allylic oxidation sites excluding steroid dienone is 2. The Morgan fingerprint density at radius 2 is 1.00 bits per heavy atom. The van der Waals surface area contributed by atoms with E-state index in [1.807, 2.05) is 13.8 Å². The third-order valence-corrected chi connectivity index (χ3v) is 13.1. The second-order valence-corrected chi connectivity index (χ2v) is 18.1. The summed E-state index contributed by atoms with van der Waals surface area (Å²) < 4.78 is 22.7. The second kappa shape index (κ2) is 25.1. The molecular weight excluding hydrogens is 797 g/mol. The molecule has 0 unspecified atom stereocenters. The molecule has 2 amide bonds. The predicted octanol–water partition coefficient (Wildman–Crippen LogP) is 7.60. The van der Waals surface area contributed by atoms with E-state index in [4.69, 9.17) is 18.9 Å². The van der Waals surface area contributed by atoms with Crippen LogP contribution >= 0.6 is 0 Å². The maximum absolute atomic E-state index is 12.4. The van der Waals surface area contributed by atoms with Crippen LogP contribution in [0.2, 0.25) is 0 Å². The molecule has 0 spiro atoms. The van der Waals surface area contributed by atoms with Crippen LogP contribution in [0.1, 0.15) is 155 Å². The fourth-order valence-electron chi connectivity index (χ4n) is 8.53. The number of nitrogens with one attached hydrogen (secondary N) is 2. The summed E-state index contributed by atoms with van der Waals surface area (Å²) in [6.45, 7) is 13.0. The molecule has 14 nitrogen and oxygen atoms in total. The maximum Gasteiger partial charge on any atom is 0.331 e. The Morgan fingerprint density at radius 3 is 1.37 bits per heavy atom. The molecule has 4 rings (SSSR count). The van der Waals surface area contributed by atoms with Crippen LogP contribution in [0.25, 0.3) is 0 Å². The van der Waals surface area contributed by atoms with E-state index < -0.39 is 23.9 Å². The summed E-state index contributed by atoms with van der Waals surface area (Å²) in [5.74, 6) is -3.64. The quantitative estimate of drug-likeness (QED) is 0.0230. The van der Waals surface area contributed by atoms with Crippen molar-refractivity contribution in [3.8, 4) is 0 Å². The Morgan fingerprint density at radius 1 is 0.629 bits per heavy atom. The highest BCUT2D eigenvalue weighted by Crippen LogP contribution is 2.47. The first-order chi connectivity index (χ1) is 29.6. The molecule has 4 N–H and O–H groups in total. The number of carbonyl (C=O) groups excluding carboxylic acids is 4. The van der Waals surface area contributed by atoms with Gasteiger partial charge in [0.05, 0.1) is 36.3 Å². The van der Waals surface area contributed by atoms with Crippen molar-refractivity contribution in [2.45, 2.75) is 179 Å². The smallest absolute Gasteiger partial charge is 0.331 e. The topological polar surface area (TPSA) is 210 Å². The second-order valence-electron chi connectivity index (χ2n) is 18.1. The Bertz CT molecular complexity index is 1550. The molecule has 0 saturated carbocycles. The SMILES string of the molecule is C=C(C(=O)O)[C@@H]1CC/C(COC(=O)CCC(=O)NCCCCCCCCCCNC(=O)CCC(=O)OC/C2=C/CC[C@@]3(C)O[C@H]3C[C@H](C(=C)C(=O)O)CC2)=C\CC[C@@]2(C)O[C@H]2C1. The van der Waals surface area contributed by atoms with Gasteiger partial charge in [-0.25, -0.2) is 9.59 Å². The van der Waals surface area contributed by atoms with Gasteiger partial charge in [0.2, 0.25) is 11.8 Å². The fraction of sp³-hybridized carbons (Fsp3) is 0.708. The lowest BCUT2D eigenvalue weighted by Crippen LogP contribution is -2.25. The number of unbranched alkanes of at least 4 members (excludes halogenated alkanes) is 7. The summed E-state index contributed by atoms with van der Waals surface area (Å²) in [6.07, 6.45) is 19.2. The number of epoxide rings is 2. The van der Waals surface area contributed by atoms with Crippen molar-refractivity contribution in [3.05, 3.63) is 47.6 Å². The van der Waals surface area contributed by atoms with Gasteiger partial charge in [0, 0.05) is 37.1 Å². The minimum atomic E-state index is -1.000. The minimum absolute atomic E-state index is 0.00182. The number of carboxylic acids is 2. The van der Waals surface area contributed by atoms with E-state index in [1.54, 1.807) is 0 Å². The van der Waals surface area contributed by atoms with Crippen molar-refractivity contribution in [1.29, 1.82) is 0 Å². The van der Waals surface area contributed by atoms with Crippen LogP contribution in [0.5, 0.6) is 0 Å².